The number of aliphatic hydroxyl groups is 2. The van der Waals surface area contributed by atoms with Crippen molar-refractivity contribution in [3.8, 4) is 17.2 Å². The maximum absolute atomic E-state index is 14.8. The highest BCUT2D eigenvalue weighted by atomic mass is 16.5. The average molecular weight is 1500 g/mol. The molecule has 14 atom stereocenters. The third-order valence-electron chi connectivity index (χ3n) is 18.2. The number of aromatic hydroxyl groups is 3. The normalized spacial score (nSPS) is 23.5. The number of hydrogen-bond donors (Lipinski definition) is 20. The lowest BCUT2D eigenvalue weighted by Gasteiger charge is -2.29. The number of carboxylic acid groups (broad SMARTS) is 1. The zero-order valence-corrected chi connectivity index (χ0v) is 60.5. The monoisotopic (exact) mass is 1500 g/mol. The van der Waals surface area contributed by atoms with E-state index in [2.05, 4.69) is 63.8 Å². The number of ether oxygens (including phenoxy) is 1. The van der Waals surface area contributed by atoms with Crippen molar-refractivity contribution in [1.82, 2.24) is 63.8 Å². The fourth-order valence-corrected chi connectivity index (χ4v) is 11.7. The Kier molecular flexibility index (Phi) is 36.2. The number of aliphatic carboxylic acids is 1. The van der Waals surface area contributed by atoms with Crippen LogP contribution in [-0.2, 0) is 91.1 Å². The third kappa shape index (κ3) is 29.7. The zero-order valence-electron chi connectivity index (χ0n) is 60.5. The predicted octanol–water partition coefficient (Wildman–Crippen LogP) is -2.88. The van der Waals surface area contributed by atoms with Crippen molar-refractivity contribution in [3.05, 3.63) is 89.5 Å². The summed E-state index contributed by atoms with van der Waals surface area (Å²) in [5.74, 6) is -15.2. The van der Waals surface area contributed by atoms with E-state index in [0.717, 1.165) is 6.92 Å². The molecule has 0 aromatic heterocycles. The number of nitrogens with one attached hydrogen (secondary N) is 12. The number of primary amides is 1. The molecule has 0 radical (unpaired) electrons. The Balaban J connectivity index is 1.60. The number of rotatable bonds is 28. The molecule has 22 N–H and O–H groups in total. The molecule has 2 heterocycles. The van der Waals surface area contributed by atoms with Gasteiger partial charge in [-0.3, -0.25) is 62.3 Å². The second-order valence-electron chi connectivity index (χ2n) is 26.8. The number of cyclic esters (lactones) is 1. The van der Waals surface area contributed by atoms with Crippen molar-refractivity contribution >= 4 is 82.8 Å². The first-order chi connectivity index (χ1) is 50.9. The molecular weight excluding hydrogens is 1400 g/mol. The van der Waals surface area contributed by atoms with Gasteiger partial charge in [0, 0.05) is 38.7 Å². The van der Waals surface area contributed by atoms with Crippen molar-refractivity contribution in [1.29, 1.82) is 0 Å². The van der Waals surface area contributed by atoms with Gasteiger partial charge >= 0.3 is 11.9 Å². The summed E-state index contributed by atoms with van der Waals surface area (Å²) in [5, 5.41) is 92.3. The van der Waals surface area contributed by atoms with E-state index in [-0.39, 0.29) is 120 Å². The number of amides is 12. The Morgan fingerprint density at radius 1 is 0.561 bits per heavy atom. The smallest absolute Gasteiger partial charge is 0.328 e. The maximum atomic E-state index is 14.8. The van der Waals surface area contributed by atoms with Gasteiger partial charge in [-0.2, -0.15) is 0 Å². The van der Waals surface area contributed by atoms with E-state index in [1.807, 2.05) is 0 Å². The van der Waals surface area contributed by atoms with Crippen LogP contribution in [0.25, 0.3) is 0 Å². The highest BCUT2D eigenvalue weighted by Gasteiger charge is 2.39. The van der Waals surface area contributed by atoms with Crippen molar-refractivity contribution in [2.45, 2.75) is 222 Å². The number of esters is 1. The van der Waals surface area contributed by atoms with E-state index in [4.69, 9.17) is 16.2 Å². The summed E-state index contributed by atoms with van der Waals surface area (Å²) in [7, 11) is 0. The van der Waals surface area contributed by atoms with Gasteiger partial charge < -0.3 is 111 Å². The van der Waals surface area contributed by atoms with Crippen LogP contribution in [0.15, 0.2) is 72.8 Å². The van der Waals surface area contributed by atoms with Gasteiger partial charge in [-0.15, -0.1) is 0 Å². The van der Waals surface area contributed by atoms with Gasteiger partial charge in [0.2, 0.25) is 70.9 Å². The van der Waals surface area contributed by atoms with Crippen LogP contribution in [0.1, 0.15) is 141 Å². The second-order valence-corrected chi connectivity index (χ2v) is 26.8. The Labute approximate surface area is 619 Å². The molecule has 35 nitrogen and oxygen atoms in total. The maximum Gasteiger partial charge on any atom is 0.328 e. The first-order valence-corrected chi connectivity index (χ1v) is 36.0. The summed E-state index contributed by atoms with van der Waals surface area (Å²) in [5.41, 5.74) is 12.5. The van der Waals surface area contributed by atoms with Crippen LogP contribution in [0, 0.1) is 5.92 Å². The van der Waals surface area contributed by atoms with Crippen molar-refractivity contribution in [2.24, 2.45) is 17.4 Å². The fraction of sp³-hybridized carbons (Fsp3) is 0.556. The summed E-state index contributed by atoms with van der Waals surface area (Å²) in [6.45, 7) is 5.46. The number of phenolic OH excluding ortho intramolecular Hbond substituents is 3. The minimum absolute atomic E-state index is 0.00707. The van der Waals surface area contributed by atoms with E-state index in [1.54, 1.807) is 13.8 Å². The number of unbranched alkanes of at least 4 members (excludes halogenated alkanes) is 1. The molecule has 0 aliphatic carbocycles. The molecule has 2 fully saturated rings. The number of carbonyl (C=O) groups excluding carboxylic acids is 13. The number of aliphatic hydroxyl groups excluding tert-OH is 2. The van der Waals surface area contributed by atoms with Crippen LogP contribution in [-0.4, -0.2) is 218 Å². The van der Waals surface area contributed by atoms with Crippen molar-refractivity contribution in [2.75, 3.05) is 26.3 Å². The number of nitrogens with two attached hydrogens (primary N) is 2. The molecular formula is C72H104N14O21. The highest BCUT2D eigenvalue weighted by molar-refractivity contribution is 6.00. The van der Waals surface area contributed by atoms with Gasteiger partial charge in [0.1, 0.15) is 83.7 Å². The Bertz CT molecular complexity index is 3510. The lowest BCUT2D eigenvalue weighted by Crippen LogP contribution is -2.62. The number of phenols is 3. The van der Waals surface area contributed by atoms with Crippen LogP contribution in [0.5, 0.6) is 17.2 Å². The molecule has 0 spiro atoms. The topological polar surface area (TPSA) is 566 Å². The zero-order chi connectivity index (χ0) is 78.9. The predicted molar refractivity (Wildman–Crippen MR) is 384 cm³/mol. The molecule has 3 aromatic carbocycles. The SMILES string of the molecule is CCC(C)C1NC(=O)C(Cc2ccc(O)cc2)NC(=O)C(CCCCO)NC(=O)C(CCCN)NC(=O)C(Cc2ccc(O)cc2)NC(=O)C(C(C)O)NC(=O)C(CCC(=O)O)NC(=O)C(C)NC(=O)C(NC(=O)C(Cc2ccc(O)cc2)NC(=O)C(CCC(N)=O)NC(=O)C2CCCN2)CCCCOC1=O. The van der Waals surface area contributed by atoms with Crippen molar-refractivity contribution in [3.63, 3.8) is 0 Å². The molecule has 2 aliphatic heterocycles. The van der Waals surface area contributed by atoms with E-state index >= 15 is 0 Å². The number of benzene rings is 3. The number of carbonyl (C=O) groups is 14. The van der Waals surface area contributed by atoms with E-state index in [0.29, 0.717) is 42.5 Å². The lowest BCUT2D eigenvalue weighted by atomic mass is 9.97. The molecule has 3 aromatic rings. The molecule has 0 bridgehead atoms. The quantitative estimate of drug-likeness (QED) is 0.0256. The summed E-state index contributed by atoms with van der Waals surface area (Å²) < 4.78 is 5.76. The van der Waals surface area contributed by atoms with Gasteiger partial charge in [-0.05, 0) is 163 Å². The largest absolute Gasteiger partial charge is 0.508 e. The second kappa shape index (κ2) is 44.4. The highest BCUT2D eigenvalue weighted by Crippen LogP contribution is 2.19. The summed E-state index contributed by atoms with van der Waals surface area (Å²) in [6.07, 6.45) is -3.78. The van der Waals surface area contributed by atoms with Crippen LogP contribution in [0.2, 0.25) is 0 Å². The molecule has 2 aliphatic rings. The Morgan fingerprint density at radius 3 is 1.59 bits per heavy atom. The first kappa shape index (κ1) is 87.1. The van der Waals surface area contributed by atoms with E-state index in [1.165, 1.54) is 79.7 Å². The molecule has 12 amide bonds. The fourth-order valence-electron chi connectivity index (χ4n) is 11.7. The Morgan fingerprint density at radius 2 is 1.07 bits per heavy atom. The molecule has 14 unspecified atom stereocenters. The van der Waals surface area contributed by atoms with Gasteiger partial charge in [0.25, 0.3) is 0 Å². The lowest BCUT2D eigenvalue weighted by molar-refractivity contribution is -0.150. The van der Waals surface area contributed by atoms with Crippen LogP contribution >= 0.6 is 0 Å². The molecule has 107 heavy (non-hydrogen) atoms. The molecule has 0 saturated carbocycles. The molecule has 5 rings (SSSR count). The number of hydrogen-bond acceptors (Lipinski definition) is 22. The third-order valence-corrected chi connectivity index (χ3v) is 18.2. The van der Waals surface area contributed by atoms with Crippen LogP contribution in [0.3, 0.4) is 0 Å². The summed E-state index contributed by atoms with van der Waals surface area (Å²) in [6, 6.07) is -1.83. The van der Waals surface area contributed by atoms with E-state index < -0.39 is 180 Å². The van der Waals surface area contributed by atoms with Gasteiger partial charge in [0.05, 0.1) is 18.8 Å². The van der Waals surface area contributed by atoms with Crippen LogP contribution < -0.4 is 75.3 Å². The minimum atomic E-state index is -1.98. The van der Waals surface area contributed by atoms with Gasteiger partial charge in [-0.25, -0.2) is 4.79 Å². The van der Waals surface area contributed by atoms with Crippen LogP contribution in [0.4, 0.5) is 0 Å². The van der Waals surface area contributed by atoms with Gasteiger partial charge in [-0.1, -0.05) is 56.7 Å². The minimum Gasteiger partial charge on any atom is -0.508 e. The first-order valence-electron chi connectivity index (χ1n) is 36.0. The summed E-state index contributed by atoms with van der Waals surface area (Å²) >= 11 is 0. The Hall–Kier alpha value is -10.5. The van der Waals surface area contributed by atoms with Gasteiger partial charge in [0.15, 0.2) is 0 Å². The standard InChI is InChI=1S/C72H104N14O21/c1-5-39(2)59-72(106)107-35-9-7-13-49(79-68(102)54(36-42-16-22-45(89)23-17-42)82-66(100)52(28-30-57(74)92)81-62(96)48-15-11-33-75-48)63(97)76-40(3)61(95)77-53(29-31-58(93)94)67(101)86-60(41(4)88)71(105)84-55(37-43-18-24-46(90)25-19-43)69(103)80-51(14-10-32-73)64(98)78-50(12-6-8-34-87)65(99)83-56(70(104)85-59)38-44-20-26-47(91)27-21-44/h16-27,39-41,48-56,59-60,75,87-91H,5-15,28-38,73H2,1-4H3,(H2,74,92)(H,76,97)(H,77,95)(H,78,98)(H,79,102)(H,80,103)(H,81,96)(H,82,100)(H,83,99)(H,84,105)(H,85,104)(H,86,101)(H,93,94). The average Bonchev–Trinajstić information content (AvgIpc) is 1.04. The molecule has 588 valence electrons. The van der Waals surface area contributed by atoms with Crippen molar-refractivity contribution < 1.29 is 102 Å². The summed E-state index contributed by atoms with van der Waals surface area (Å²) in [4.78, 5) is 197. The van der Waals surface area contributed by atoms with E-state index in [9.17, 15) is 97.8 Å². The number of carboxylic acids is 1. The molecule has 35 heteroatoms. The molecule has 2 saturated heterocycles.